The Bertz CT molecular complexity index is 787. The van der Waals surface area contributed by atoms with Gasteiger partial charge >= 0.3 is 0 Å². The van der Waals surface area contributed by atoms with Gasteiger partial charge in [0.15, 0.2) is 5.65 Å². The van der Waals surface area contributed by atoms with Crippen LogP contribution in [0.5, 0.6) is 0 Å². The number of thioether (sulfide) groups is 1. The van der Waals surface area contributed by atoms with Crippen molar-refractivity contribution in [3.8, 4) is 0 Å². The highest BCUT2D eigenvalue weighted by Crippen LogP contribution is 2.36. The summed E-state index contributed by atoms with van der Waals surface area (Å²) in [5.74, 6) is 0.680. The van der Waals surface area contributed by atoms with Gasteiger partial charge in [0, 0.05) is 17.3 Å². The van der Waals surface area contributed by atoms with Crippen LogP contribution in [0.1, 0.15) is 38.3 Å². The number of rotatable bonds is 6. The smallest absolute Gasteiger partial charge is 0.163 e. The topological polar surface area (TPSA) is 39.4 Å². The first kappa shape index (κ1) is 17.3. The Balaban J connectivity index is 2.45. The van der Waals surface area contributed by atoms with Crippen LogP contribution in [0.4, 0.5) is 0 Å². The van der Waals surface area contributed by atoms with Gasteiger partial charge < -0.3 is 4.74 Å². The summed E-state index contributed by atoms with van der Waals surface area (Å²) >= 11 is 1.67. The summed E-state index contributed by atoms with van der Waals surface area (Å²) in [7, 11) is 1.63. The molecule has 2 aromatic heterocycles. The summed E-state index contributed by atoms with van der Waals surface area (Å²) in [4.78, 5) is 5.73. The third-order valence-corrected chi connectivity index (χ3v) is 4.96. The normalized spacial score (nSPS) is 13.2. The van der Waals surface area contributed by atoms with Gasteiger partial charge in [0.2, 0.25) is 0 Å². The van der Waals surface area contributed by atoms with Gasteiger partial charge in [0.05, 0.1) is 18.9 Å². The van der Waals surface area contributed by atoms with Crippen LogP contribution in [0.15, 0.2) is 47.5 Å². The molecule has 5 heteroatoms. The number of hydrogen-bond donors (Lipinski definition) is 0. The monoisotopic (exact) mass is 329 g/mol. The van der Waals surface area contributed by atoms with E-state index in [1.165, 1.54) is 10.5 Å². The molecule has 4 nitrogen and oxygen atoms in total. The Morgan fingerprint density at radius 2 is 2.13 bits per heavy atom. The molecule has 0 radical (unpaired) electrons. The molecule has 0 saturated heterocycles. The van der Waals surface area contributed by atoms with Crippen molar-refractivity contribution >= 4 is 22.3 Å². The van der Waals surface area contributed by atoms with Gasteiger partial charge in [0.25, 0.3) is 0 Å². The highest BCUT2D eigenvalue weighted by atomic mass is 32.2. The predicted octanol–water partition coefficient (Wildman–Crippen LogP) is 4.98. The van der Waals surface area contributed by atoms with Crippen molar-refractivity contribution in [1.82, 2.24) is 14.6 Å². The largest absolute Gasteiger partial charge is 0.497 e. The van der Waals surface area contributed by atoms with E-state index in [1.807, 2.05) is 37.0 Å². The standard InChI is InChI=1S/C18H23N3OS/c1-7-13(3)17(23-11-14(4)15(5)22-6)16-9-20-21-10-12(2)8-19-18(16)21/h8-11H,5,7H2,1-4,6H3/b14-11+,17-13-. The summed E-state index contributed by atoms with van der Waals surface area (Å²) in [5, 5.41) is 6.51. The van der Waals surface area contributed by atoms with Gasteiger partial charge in [-0.05, 0) is 43.7 Å². The van der Waals surface area contributed by atoms with Crippen LogP contribution in [0.3, 0.4) is 0 Å². The fourth-order valence-electron chi connectivity index (χ4n) is 2.06. The molecule has 0 fully saturated rings. The molecular formula is C18H23N3OS. The molecule has 0 N–H and O–H groups in total. The maximum absolute atomic E-state index is 5.18. The number of aryl methyl sites for hydroxylation is 1. The summed E-state index contributed by atoms with van der Waals surface area (Å²) in [6.45, 7) is 12.2. The van der Waals surface area contributed by atoms with Gasteiger partial charge in [-0.25, -0.2) is 9.50 Å². The molecule has 0 saturated carbocycles. The van der Waals surface area contributed by atoms with Crippen LogP contribution in [-0.4, -0.2) is 21.7 Å². The van der Waals surface area contributed by atoms with Crippen molar-refractivity contribution in [3.63, 3.8) is 0 Å². The van der Waals surface area contributed by atoms with E-state index in [2.05, 4.69) is 35.9 Å². The van der Waals surface area contributed by atoms with Gasteiger partial charge in [-0.2, -0.15) is 5.10 Å². The van der Waals surface area contributed by atoms with Crippen LogP contribution in [0.2, 0.25) is 0 Å². The average molecular weight is 329 g/mol. The number of methoxy groups -OCH3 is 1. The lowest BCUT2D eigenvalue weighted by Crippen LogP contribution is -1.92. The highest BCUT2D eigenvalue weighted by Gasteiger charge is 2.13. The van der Waals surface area contributed by atoms with Crippen molar-refractivity contribution in [3.05, 3.63) is 58.6 Å². The first-order valence-corrected chi connectivity index (χ1v) is 8.42. The zero-order valence-corrected chi connectivity index (χ0v) is 15.2. The maximum Gasteiger partial charge on any atom is 0.163 e. The third-order valence-electron chi connectivity index (χ3n) is 3.69. The Hall–Kier alpha value is -2.01. The predicted molar refractivity (Wildman–Crippen MR) is 98.1 cm³/mol. The van der Waals surface area contributed by atoms with Gasteiger partial charge in [0.1, 0.15) is 5.76 Å². The van der Waals surface area contributed by atoms with E-state index in [0.717, 1.165) is 28.8 Å². The van der Waals surface area contributed by atoms with Crippen LogP contribution >= 0.6 is 11.8 Å². The SMILES string of the molecule is C=C(OC)/C(C)=C/S/C(=C(/C)CC)c1cnn2cc(C)cnc12. The minimum Gasteiger partial charge on any atom is -0.497 e. The molecule has 0 spiro atoms. The summed E-state index contributed by atoms with van der Waals surface area (Å²) in [6.07, 6.45) is 6.72. The molecule has 0 atom stereocenters. The summed E-state index contributed by atoms with van der Waals surface area (Å²) < 4.78 is 7.02. The average Bonchev–Trinajstić information content (AvgIpc) is 2.96. The lowest BCUT2D eigenvalue weighted by molar-refractivity contribution is 0.303. The molecule has 2 rings (SSSR count). The molecule has 0 aromatic carbocycles. The lowest BCUT2D eigenvalue weighted by atomic mass is 10.1. The third kappa shape index (κ3) is 3.85. The minimum atomic E-state index is 0.680. The molecule has 0 amide bonds. The minimum absolute atomic E-state index is 0.680. The highest BCUT2D eigenvalue weighted by molar-refractivity contribution is 8.11. The van der Waals surface area contributed by atoms with Crippen LogP contribution < -0.4 is 0 Å². The number of fused-ring (bicyclic) bond motifs is 1. The second-order valence-corrected chi connectivity index (χ2v) is 6.35. The number of nitrogens with zero attached hydrogens (tertiary/aromatic N) is 3. The maximum atomic E-state index is 5.18. The van der Waals surface area contributed by atoms with Crippen molar-refractivity contribution in [2.24, 2.45) is 0 Å². The molecule has 0 unspecified atom stereocenters. The molecule has 2 aromatic rings. The van der Waals surface area contributed by atoms with E-state index in [9.17, 15) is 0 Å². The van der Waals surface area contributed by atoms with E-state index < -0.39 is 0 Å². The lowest BCUT2D eigenvalue weighted by Gasteiger charge is -2.09. The summed E-state index contributed by atoms with van der Waals surface area (Å²) in [5.41, 5.74) is 5.34. The van der Waals surface area contributed by atoms with E-state index in [-0.39, 0.29) is 0 Å². The Morgan fingerprint density at radius 1 is 1.39 bits per heavy atom. The van der Waals surface area contributed by atoms with Crippen LogP contribution in [-0.2, 0) is 4.74 Å². The molecular weight excluding hydrogens is 306 g/mol. The molecule has 0 aliphatic heterocycles. The Labute approximate surface area is 142 Å². The second-order valence-electron chi connectivity index (χ2n) is 5.47. The van der Waals surface area contributed by atoms with Gasteiger partial charge in [-0.1, -0.05) is 30.8 Å². The van der Waals surface area contributed by atoms with E-state index in [4.69, 9.17) is 4.74 Å². The van der Waals surface area contributed by atoms with Crippen LogP contribution in [0, 0.1) is 6.92 Å². The zero-order valence-electron chi connectivity index (χ0n) is 14.4. The molecule has 0 aliphatic carbocycles. The number of ether oxygens (including phenoxy) is 1. The van der Waals surface area contributed by atoms with E-state index >= 15 is 0 Å². The molecule has 122 valence electrons. The summed E-state index contributed by atoms with van der Waals surface area (Å²) in [6, 6.07) is 0. The molecule has 2 heterocycles. The van der Waals surface area contributed by atoms with Crippen LogP contribution in [0.25, 0.3) is 10.6 Å². The number of allylic oxidation sites excluding steroid dienone is 2. The molecule has 23 heavy (non-hydrogen) atoms. The first-order chi connectivity index (χ1) is 11.0. The quantitative estimate of drug-likeness (QED) is 0.554. The van der Waals surface area contributed by atoms with E-state index in [1.54, 1.807) is 18.9 Å². The fraction of sp³-hybridized carbons (Fsp3) is 0.333. The van der Waals surface area contributed by atoms with Gasteiger partial charge in [-0.15, -0.1) is 0 Å². The van der Waals surface area contributed by atoms with E-state index in [0.29, 0.717) is 5.76 Å². The number of hydrogen-bond acceptors (Lipinski definition) is 4. The Morgan fingerprint density at radius 3 is 2.78 bits per heavy atom. The zero-order chi connectivity index (χ0) is 17.0. The van der Waals surface area contributed by atoms with Crippen molar-refractivity contribution in [2.45, 2.75) is 34.1 Å². The molecule has 0 bridgehead atoms. The van der Waals surface area contributed by atoms with Gasteiger partial charge in [-0.3, -0.25) is 0 Å². The second kappa shape index (κ2) is 7.51. The van der Waals surface area contributed by atoms with Crippen molar-refractivity contribution < 1.29 is 4.74 Å². The van der Waals surface area contributed by atoms with Crippen molar-refractivity contribution in [1.29, 1.82) is 0 Å². The Kier molecular flexibility index (Phi) is 5.66. The fourth-order valence-corrected chi connectivity index (χ4v) is 3.10. The van der Waals surface area contributed by atoms with Crippen molar-refractivity contribution in [2.75, 3.05) is 7.11 Å². The molecule has 0 aliphatic rings. The number of aromatic nitrogens is 3. The first-order valence-electron chi connectivity index (χ1n) is 7.54.